The van der Waals surface area contributed by atoms with Crippen LogP contribution in [0.4, 0.5) is 0 Å². The first-order chi connectivity index (χ1) is 9.04. The molecule has 19 heavy (non-hydrogen) atoms. The molecule has 0 aliphatic carbocycles. The largest absolute Gasteiger partial charge is 0.488 e. The van der Waals surface area contributed by atoms with Crippen LogP contribution < -0.4 is 4.74 Å². The van der Waals surface area contributed by atoms with Crippen molar-refractivity contribution in [1.82, 2.24) is 4.98 Å². The second-order valence-electron chi connectivity index (χ2n) is 5.31. The lowest BCUT2D eigenvalue weighted by atomic mass is 10.2. The Hall–Kier alpha value is -1.48. The fourth-order valence-electron chi connectivity index (χ4n) is 1.63. The number of hydrogen-bond donors (Lipinski definition) is 0. The molecule has 0 fully saturated rings. The summed E-state index contributed by atoms with van der Waals surface area (Å²) in [7, 11) is 0. The second-order valence-corrected chi connectivity index (χ2v) is 7.18. The van der Waals surface area contributed by atoms with Crippen molar-refractivity contribution in [2.45, 2.75) is 37.0 Å². The van der Waals surface area contributed by atoms with Gasteiger partial charge in [-0.2, -0.15) is 0 Å². The normalized spacial score (nSPS) is 11.3. The number of pyridine rings is 1. The minimum atomic E-state index is 0.147. The summed E-state index contributed by atoms with van der Waals surface area (Å²) in [6.45, 7) is 7.14. The van der Waals surface area contributed by atoms with Gasteiger partial charge in [-0.15, -0.1) is 11.8 Å². The minimum Gasteiger partial charge on any atom is -0.488 e. The summed E-state index contributed by atoms with van der Waals surface area (Å²) >= 11 is 1.78. The van der Waals surface area contributed by atoms with Crippen LogP contribution in [0.25, 0.3) is 0 Å². The zero-order valence-electron chi connectivity index (χ0n) is 11.6. The molecule has 0 unspecified atom stereocenters. The number of benzene rings is 1. The van der Waals surface area contributed by atoms with Crippen LogP contribution in [-0.4, -0.2) is 9.73 Å². The van der Waals surface area contributed by atoms with Crippen LogP contribution in [0.15, 0.2) is 53.7 Å². The molecule has 0 aliphatic heterocycles. The standard InChI is InChI=1S/C16H19NOS/c1-16(2,3)19-15-11-17-10-9-14(15)18-12-13-7-5-4-6-8-13/h4-11H,12H2,1-3H3. The van der Waals surface area contributed by atoms with E-state index in [1.807, 2.05) is 30.5 Å². The highest BCUT2D eigenvalue weighted by Gasteiger charge is 2.15. The number of nitrogens with zero attached hydrogens (tertiary/aromatic N) is 1. The van der Waals surface area contributed by atoms with E-state index in [4.69, 9.17) is 4.74 Å². The summed E-state index contributed by atoms with van der Waals surface area (Å²) in [5.74, 6) is 0.902. The van der Waals surface area contributed by atoms with E-state index in [9.17, 15) is 0 Å². The molecule has 3 heteroatoms. The van der Waals surface area contributed by atoms with Crippen molar-refractivity contribution in [3.05, 3.63) is 54.4 Å². The summed E-state index contributed by atoms with van der Waals surface area (Å²) < 4.78 is 6.05. The van der Waals surface area contributed by atoms with Crippen LogP contribution in [0.5, 0.6) is 5.75 Å². The maximum Gasteiger partial charge on any atom is 0.136 e. The Morgan fingerprint density at radius 2 is 1.84 bits per heavy atom. The van der Waals surface area contributed by atoms with Crippen LogP contribution in [-0.2, 0) is 6.61 Å². The van der Waals surface area contributed by atoms with E-state index in [1.165, 1.54) is 5.56 Å². The molecule has 0 atom stereocenters. The average Bonchev–Trinajstić information content (AvgIpc) is 2.37. The molecule has 0 N–H and O–H groups in total. The van der Waals surface area contributed by atoms with Gasteiger partial charge in [-0.25, -0.2) is 0 Å². The van der Waals surface area contributed by atoms with Gasteiger partial charge in [-0.05, 0) is 11.6 Å². The molecule has 0 saturated carbocycles. The van der Waals surface area contributed by atoms with E-state index in [0.717, 1.165) is 10.6 Å². The molecule has 0 aliphatic rings. The van der Waals surface area contributed by atoms with Crippen molar-refractivity contribution in [2.75, 3.05) is 0 Å². The van der Waals surface area contributed by atoms with E-state index in [-0.39, 0.29) is 4.75 Å². The van der Waals surface area contributed by atoms with Gasteiger partial charge in [0.1, 0.15) is 12.4 Å². The second kappa shape index (κ2) is 6.11. The highest BCUT2D eigenvalue weighted by Crippen LogP contribution is 2.37. The summed E-state index contributed by atoms with van der Waals surface area (Å²) in [6, 6.07) is 12.1. The number of thioether (sulfide) groups is 1. The van der Waals surface area contributed by atoms with Crippen LogP contribution in [0.1, 0.15) is 26.3 Å². The van der Waals surface area contributed by atoms with Crippen molar-refractivity contribution in [3.63, 3.8) is 0 Å². The number of hydrogen-bond acceptors (Lipinski definition) is 3. The first kappa shape index (κ1) is 13.9. The first-order valence-electron chi connectivity index (χ1n) is 6.34. The maximum absolute atomic E-state index is 5.91. The van der Waals surface area contributed by atoms with E-state index >= 15 is 0 Å². The van der Waals surface area contributed by atoms with Crippen molar-refractivity contribution in [3.8, 4) is 5.75 Å². The van der Waals surface area contributed by atoms with Gasteiger partial charge in [0.15, 0.2) is 0 Å². The molecule has 100 valence electrons. The molecule has 0 radical (unpaired) electrons. The summed E-state index contributed by atoms with van der Waals surface area (Å²) in [5.41, 5.74) is 1.17. The van der Waals surface area contributed by atoms with Crippen LogP contribution in [0, 0.1) is 0 Å². The number of ether oxygens (including phenoxy) is 1. The molecular weight excluding hydrogens is 254 g/mol. The third-order valence-electron chi connectivity index (χ3n) is 2.40. The first-order valence-corrected chi connectivity index (χ1v) is 7.16. The van der Waals surface area contributed by atoms with Crippen molar-refractivity contribution in [1.29, 1.82) is 0 Å². The molecule has 0 bridgehead atoms. The van der Waals surface area contributed by atoms with Gasteiger partial charge < -0.3 is 4.74 Å². The molecule has 0 saturated heterocycles. The molecule has 2 rings (SSSR count). The molecule has 1 aromatic heterocycles. The van der Waals surface area contributed by atoms with Gasteiger partial charge in [-0.1, -0.05) is 51.1 Å². The Balaban J connectivity index is 2.08. The van der Waals surface area contributed by atoms with E-state index in [0.29, 0.717) is 6.61 Å². The van der Waals surface area contributed by atoms with Gasteiger partial charge in [0.25, 0.3) is 0 Å². The van der Waals surface area contributed by atoms with Gasteiger partial charge >= 0.3 is 0 Å². The lowest BCUT2D eigenvalue weighted by Crippen LogP contribution is -2.07. The van der Waals surface area contributed by atoms with Crippen molar-refractivity contribution >= 4 is 11.8 Å². The summed E-state index contributed by atoms with van der Waals surface area (Å²) in [6.07, 6.45) is 3.64. The predicted molar refractivity (Wildman–Crippen MR) is 80.6 cm³/mol. The van der Waals surface area contributed by atoms with Gasteiger partial charge in [0, 0.05) is 17.1 Å². The SMILES string of the molecule is CC(C)(C)Sc1cnccc1OCc1ccccc1. The minimum absolute atomic E-state index is 0.147. The number of rotatable bonds is 4. The molecule has 1 heterocycles. The van der Waals surface area contributed by atoms with Crippen LogP contribution in [0.2, 0.25) is 0 Å². The van der Waals surface area contributed by atoms with E-state index in [2.05, 4.69) is 37.9 Å². The average molecular weight is 273 g/mol. The highest BCUT2D eigenvalue weighted by atomic mass is 32.2. The third kappa shape index (κ3) is 4.60. The van der Waals surface area contributed by atoms with Crippen molar-refractivity contribution in [2.24, 2.45) is 0 Å². The van der Waals surface area contributed by atoms with E-state index < -0.39 is 0 Å². The zero-order valence-corrected chi connectivity index (χ0v) is 12.4. The van der Waals surface area contributed by atoms with E-state index in [1.54, 1.807) is 18.0 Å². The van der Waals surface area contributed by atoms with Gasteiger partial charge in [0.05, 0.1) is 4.90 Å². The Labute approximate surface area is 119 Å². The Kier molecular flexibility index (Phi) is 4.48. The highest BCUT2D eigenvalue weighted by molar-refractivity contribution is 8.00. The van der Waals surface area contributed by atoms with Crippen molar-refractivity contribution < 1.29 is 4.74 Å². The summed E-state index contributed by atoms with van der Waals surface area (Å²) in [5, 5.41) is 0. The monoisotopic (exact) mass is 273 g/mol. The molecule has 2 aromatic rings. The third-order valence-corrected chi connectivity index (χ3v) is 3.54. The topological polar surface area (TPSA) is 22.1 Å². The lowest BCUT2D eigenvalue weighted by molar-refractivity contribution is 0.298. The predicted octanol–water partition coefficient (Wildman–Crippen LogP) is 4.55. The Morgan fingerprint density at radius 3 is 2.53 bits per heavy atom. The van der Waals surface area contributed by atoms with Crippen LogP contribution >= 0.6 is 11.8 Å². The maximum atomic E-state index is 5.91. The van der Waals surface area contributed by atoms with Crippen LogP contribution in [0.3, 0.4) is 0 Å². The molecular formula is C16H19NOS. The quantitative estimate of drug-likeness (QED) is 0.763. The fraction of sp³-hybridized carbons (Fsp3) is 0.312. The molecule has 1 aromatic carbocycles. The number of aromatic nitrogens is 1. The Morgan fingerprint density at radius 1 is 1.11 bits per heavy atom. The van der Waals surface area contributed by atoms with Gasteiger partial charge in [-0.3, -0.25) is 4.98 Å². The smallest absolute Gasteiger partial charge is 0.136 e. The zero-order chi connectivity index (χ0) is 13.7. The Bertz CT molecular complexity index is 520. The molecule has 2 nitrogen and oxygen atoms in total. The molecule has 0 spiro atoms. The summed E-state index contributed by atoms with van der Waals surface area (Å²) in [4.78, 5) is 5.27. The fourth-order valence-corrected chi connectivity index (χ4v) is 2.63. The lowest BCUT2D eigenvalue weighted by Gasteiger charge is -2.19. The molecule has 0 amide bonds. The van der Waals surface area contributed by atoms with Gasteiger partial charge in [0.2, 0.25) is 0 Å².